The third kappa shape index (κ3) is 1.94. The van der Waals surface area contributed by atoms with Crippen LogP contribution in [0.3, 0.4) is 0 Å². The molecular weight excluding hydrogens is 140 g/mol. The average molecular weight is 158 g/mol. The van der Waals surface area contributed by atoms with Crippen molar-refractivity contribution in [3.63, 3.8) is 0 Å². The van der Waals surface area contributed by atoms with Crippen LogP contribution in [0.15, 0.2) is 0 Å². The average Bonchev–Trinajstić information content (AvgIpc) is 1.95. The maximum atomic E-state index is 9.96. The number of aliphatic hydroxyl groups excluding tert-OH is 1. The number of rotatable bonds is 1. The summed E-state index contributed by atoms with van der Waals surface area (Å²) in [4.78, 5) is 0. The second-order valence-electron chi connectivity index (χ2n) is 3.99. The third-order valence-corrected chi connectivity index (χ3v) is 2.90. The molecule has 1 fully saturated rings. The SMILES string of the molecule is CC(C)[C@]1(O)CC[C@@H](O)CC1. The Morgan fingerprint density at radius 1 is 1.27 bits per heavy atom. The molecule has 0 aliphatic heterocycles. The van der Waals surface area contributed by atoms with Crippen molar-refractivity contribution in [2.24, 2.45) is 5.92 Å². The fourth-order valence-corrected chi connectivity index (χ4v) is 1.68. The monoisotopic (exact) mass is 158 g/mol. The molecule has 0 unspecified atom stereocenters. The standard InChI is InChI=1S/C9H18O2/c1-7(2)9(11)5-3-8(10)4-6-9/h7-8,10-11H,3-6H2,1-2H3/t8-,9+. The van der Waals surface area contributed by atoms with Gasteiger partial charge in [-0.1, -0.05) is 13.8 Å². The first-order valence-corrected chi connectivity index (χ1v) is 4.45. The van der Waals surface area contributed by atoms with E-state index in [1.807, 2.05) is 13.8 Å². The summed E-state index contributed by atoms with van der Waals surface area (Å²) in [6.45, 7) is 4.08. The highest BCUT2D eigenvalue weighted by atomic mass is 16.3. The molecule has 1 saturated carbocycles. The van der Waals surface area contributed by atoms with E-state index in [-0.39, 0.29) is 6.10 Å². The molecule has 2 heteroatoms. The van der Waals surface area contributed by atoms with Crippen LogP contribution in [0.1, 0.15) is 39.5 Å². The molecule has 0 radical (unpaired) electrons. The Bertz CT molecular complexity index is 124. The van der Waals surface area contributed by atoms with Gasteiger partial charge in [-0.2, -0.15) is 0 Å². The largest absolute Gasteiger partial charge is 0.393 e. The van der Waals surface area contributed by atoms with Crippen LogP contribution in [0.25, 0.3) is 0 Å². The predicted octanol–water partition coefficient (Wildman–Crippen LogP) is 1.31. The van der Waals surface area contributed by atoms with Crippen LogP contribution < -0.4 is 0 Å². The summed E-state index contributed by atoms with van der Waals surface area (Å²) in [5, 5.41) is 19.2. The van der Waals surface area contributed by atoms with Gasteiger partial charge in [-0.3, -0.25) is 0 Å². The second kappa shape index (κ2) is 3.11. The lowest BCUT2D eigenvalue weighted by molar-refractivity contribution is -0.0636. The molecule has 0 atom stereocenters. The predicted molar refractivity (Wildman–Crippen MR) is 44.3 cm³/mol. The van der Waals surface area contributed by atoms with Gasteiger partial charge in [-0.25, -0.2) is 0 Å². The molecule has 1 rings (SSSR count). The zero-order chi connectivity index (χ0) is 8.48. The highest BCUT2D eigenvalue weighted by molar-refractivity contribution is 4.87. The summed E-state index contributed by atoms with van der Waals surface area (Å²) in [7, 11) is 0. The van der Waals surface area contributed by atoms with Gasteiger partial charge in [-0.15, -0.1) is 0 Å². The van der Waals surface area contributed by atoms with Crippen molar-refractivity contribution in [3.05, 3.63) is 0 Å². The van der Waals surface area contributed by atoms with E-state index in [2.05, 4.69) is 0 Å². The topological polar surface area (TPSA) is 40.5 Å². The van der Waals surface area contributed by atoms with Gasteiger partial charge in [0, 0.05) is 0 Å². The van der Waals surface area contributed by atoms with Gasteiger partial charge in [0.1, 0.15) is 0 Å². The van der Waals surface area contributed by atoms with E-state index >= 15 is 0 Å². The first kappa shape index (κ1) is 9.01. The maximum absolute atomic E-state index is 9.96. The molecule has 1 aliphatic carbocycles. The van der Waals surface area contributed by atoms with Crippen LogP contribution in [-0.2, 0) is 0 Å². The van der Waals surface area contributed by atoms with E-state index < -0.39 is 5.60 Å². The van der Waals surface area contributed by atoms with Crippen molar-refractivity contribution in [2.75, 3.05) is 0 Å². The molecule has 0 spiro atoms. The lowest BCUT2D eigenvalue weighted by Crippen LogP contribution is -2.40. The van der Waals surface area contributed by atoms with E-state index in [0.29, 0.717) is 5.92 Å². The van der Waals surface area contributed by atoms with Crippen molar-refractivity contribution in [3.8, 4) is 0 Å². The quantitative estimate of drug-likeness (QED) is 0.604. The van der Waals surface area contributed by atoms with Gasteiger partial charge >= 0.3 is 0 Å². The van der Waals surface area contributed by atoms with Crippen LogP contribution in [0.2, 0.25) is 0 Å². The fourth-order valence-electron chi connectivity index (χ4n) is 1.68. The van der Waals surface area contributed by atoms with Gasteiger partial charge in [0.2, 0.25) is 0 Å². The highest BCUT2D eigenvalue weighted by Crippen LogP contribution is 2.33. The molecule has 0 amide bonds. The summed E-state index contributed by atoms with van der Waals surface area (Å²) in [6, 6.07) is 0. The van der Waals surface area contributed by atoms with Crippen molar-refractivity contribution in [2.45, 2.75) is 51.2 Å². The fraction of sp³-hybridized carbons (Fsp3) is 1.00. The highest BCUT2D eigenvalue weighted by Gasteiger charge is 2.34. The Labute approximate surface area is 68.2 Å². The molecule has 0 bridgehead atoms. The van der Waals surface area contributed by atoms with Crippen LogP contribution in [0.4, 0.5) is 0 Å². The molecule has 0 aromatic carbocycles. The van der Waals surface area contributed by atoms with Gasteiger partial charge in [0.05, 0.1) is 11.7 Å². The minimum Gasteiger partial charge on any atom is -0.393 e. The van der Waals surface area contributed by atoms with E-state index in [0.717, 1.165) is 25.7 Å². The Hall–Kier alpha value is -0.0800. The van der Waals surface area contributed by atoms with Crippen LogP contribution in [0.5, 0.6) is 0 Å². The Kier molecular flexibility index (Phi) is 2.55. The number of hydrogen-bond acceptors (Lipinski definition) is 2. The van der Waals surface area contributed by atoms with Gasteiger partial charge < -0.3 is 10.2 Å². The molecule has 2 N–H and O–H groups in total. The molecule has 0 saturated heterocycles. The normalized spacial score (nSPS) is 39.5. The molecule has 1 aliphatic rings. The summed E-state index contributed by atoms with van der Waals surface area (Å²) in [5.41, 5.74) is -0.501. The summed E-state index contributed by atoms with van der Waals surface area (Å²) in [5.74, 6) is 0.315. The smallest absolute Gasteiger partial charge is 0.0672 e. The van der Waals surface area contributed by atoms with Crippen molar-refractivity contribution >= 4 is 0 Å². The number of hydrogen-bond donors (Lipinski definition) is 2. The molecule has 0 heterocycles. The summed E-state index contributed by atoms with van der Waals surface area (Å²) in [6.07, 6.45) is 2.86. The van der Waals surface area contributed by atoms with Gasteiger partial charge in [0.25, 0.3) is 0 Å². The maximum Gasteiger partial charge on any atom is 0.0672 e. The third-order valence-electron chi connectivity index (χ3n) is 2.90. The molecule has 66 valence electrons. The van der Waals surface area contributed by atoms with Crippen LogP contribution in [-0.4, -0.2) is 21.9 Å². The minimum absolute atomic E-state index is 0.172. The Balaban J connectivity index is 2.48. The van der Waals surface area contributed by atoms with Crippen molar-refractivity contribution < 1.29 is 10.2 Å². The zero-order valence-electron chi connectivity index (χ0n) is 7.38. The Morgan fingerprint density at radius 3 is 2.09 bits per heavy atom. The first-order valence-electron chi connectivity index (χ1n) is 4.45. The van der Waals surface area contributed by atoms with Crippen molar-refractivity contribution in [1.82, 2.24) is 0 Å². The second-order valence-corrected chi connectivity index (χ2v) is 3.99. The Morgan fingerprint density at radius 2 is 1.73 bits per heavy atom. The summed E-state index contributed by atoms with van der Waals surface area (Å²) >= 11 is 0. The molecule has 2 nitrogen and oxygen atoms in total. The molecule has 11 heavy (non-hydrogen) atoms. The number of aliphatic hydroxyl groups is 2. The van der Waals surface area contributed by atoms with Crippen LogP contribution >= 0.6 is 0 Å². The molecule has 0 aromatic heterocycles. The van der Waals surface area contributed by atoms with Gasteiger partial charge in [0.15, 0.2) is 0 Å². The minimum atomic E-state index is -0.501. The lowest BCUT2D eigenvalue weighted by atomic mass is 9.76. The van der Waals surface area contributed by atoms with Crippen molar-refractivity contribution in [1.29, 1.82) is 0 Å². The summed E-state index contributed by atoms with van der Waals surface area (Å²) < 4.78 is 0. The van der Waals surface area contributed by atoms with E-state index in [1.54, 1.807) is 0 Å². The first-order chi connectivity index (χ1) is 5.04. The van der Waals surface area contributed by atoms with E-state index in [9.17, 15) is 10.2 Å². The molecular formula is C9H18O2. The zero-order valence-corrected chi connectivity index (χ0v) is 7.38. The van der Waals surface area contributed by atoms with Crippen LogP contribution in [0, 0.1) is 5.92 Å². The van der Waals surface area contributed by atoms with E-state index in [4.69, 9.17) is 0 Å². The molecule has 0 aromatic rings. The van der Waals surface area contributed by atoms with Gasteiger partial charge in [-0.05, 0) is 31.6 Å². The van der Waals surface area contributed by atoms with E-state index in [1.165, 1.54) is 0 Å². The lowest BCUT2D eigenvalue weighted by Gasteiger charge is -2.37.